The fourth-order valence-electron chi connectivity index (χ4n) is 1.63. The van der Waals surface area contributed by atoms with Crippen molar-refractivity contribution in [3.63, 3.8) is 0 Å². The molecule has 0 bridgehead atoms. The Labute approximate surface area is 153 Å². The van der Waals surface area contributed by atoms with E-state index in [0.29, 0.717) is 10.8 Å². The molecule has 2 aromatic rings. The molecular weight excluding hydrogens is 380 g/mol. The molecule has 0 saturated heterocycles. The van der Waals surface area contributed by atoms with E-state index in [4.69, 9.17) is 28.3 Å². The number of halogens is 5. The summed E-state index contributed by atoms with van der Waals surface area (Å²) in [6, 6.07) is 16.5. The molecule has 132 valence electrons. The van der Waals surface area contributed by atoms with Crippen LogP contribution in [0.25, 0.3) is 0 Å². The minimum absolute atomic E-state index is 0.0716. The molecular formula is C17H17Cl2F3OS. The average molecular weight is 397 g/mol. The first-order chi connectivity index (χ1) is 11.3. The van der Waals surface area contributed by atoms with Gasteiger partial charge in [-0.2, -0.15) is 24.9 Å². The van der Waals surface area contributed by atoms with Gasteiger partial charge in [0.1, 0.15) is 0 Å². The molecule has 0 spiro atoms. The van der Waals surface area contributed by atoms with Gasteiger partial charge in [0.15, 0.2) is 0 Å². The molecule has 2 rings (SSSR count). The second-order valence-electron chi connectivity index (χ2n) is 4.91. The van der Waals surface area contributed by atoms with Crippen molar-refractivity contribution in [1.29, 1.82) is 0 Å². The van der Waals surface area contributed by atoms with Gasteiger partial charge < -0.3 is 5.11 Å². The molecule has 1 atom stereocenters. The van der Waals surface area contributed by atoms with Crippen LogP contribution in [-0.4, -0.2) is 23.1 Å². The second kappa shape index (κ2) is 10.9. The summed E-state index contributed by atoms with van der Waals surface area (Å²) in [5, 5.41) is 10.6. The van der Waals surface area contributed by atoms with Crippen LogP contribution in [0.3, 0.4) is 0 Å². The molecule has 24 heavy (non-hydrogen) atoms. The summed E-state index contributed by atoms with van der Waals surface area (Å²) in [5.41, 5.74) is 0.971. The molecule has 0 aliphatic heterocycles. The van der Waals surface area contributed by atoms with Crippen LogP contribution >= 0.6 is 35.0 Å². The molecule has 2 aromatic carbocycles. The van der Waals surface area contributed by atoms with E-state index in [0.717, 1.165) is 10.6 Å². The van der Waals surface area contributed by atoms with Gasteiger partial charge in [0.2, 0.25) is 0 Å². The van der Waals surface area contributed by atoms with Crippen LogP contribution in [0.2, 0.25) is 10.0 Å². The molecule has 1 unspecified atom stereocenters. The number of alkyl halides is 3. The second-order valence-corrected chi connectivity index (χ2v) is 6.81. The molecule has 0 aromatic heterocycles. The van der Waals surface area contributed by atoms with E-state index in [9.17, 15) is 13.2 Å². The Bertz CT molecular complexity index is 577. The molecule has 0 aliphatic rings. The Morgan fingerprint density at radius 2 is 1.46 bits per heavy atom. The largest absolute Gasteiger partial charge is 0.392 e. The van der Waals surface area contributed by atoms with Crippen molar-refractivity contribution < 1.29 is 18.3 Å². The van der Waals surface area contributed by atoms with Gasteiger partial charge in [0.05, 0.1) is 12.5 Å². The van der Waals surface area contributed by atoms with Gasteiger partial charge in [-0.3, -0.25) is 0 Å². The van der Waals surface area contributed by atoms with E-state index in [-0.39, 0.29) is 5.75 Å². The number of benzene rings is 2. The smallest absolute Gasteiger partial charge is 0.391 e. The van der Waals surface area contributed by atoms with Crippen LogP contribution in [-0.2, 0) is 5.75 Å². The Morgan fingerprint density at radius 3 is 1.92 bits per heavy atom. The summed E-state index contributed by atoms with van der Waals surface area (Å²) in [7, 11) is 0. The standard InChI is InChI=1S/C11H12ClF3OS.C6H5Cl/c12-9-3-1-8(2-4-9)6-17-7-10(16)5-11(13,14)15;7-6-4-2-1-3-5-6/h1-4,10,16H,5-7H2;1-5H. The molecule has 0 fully saturated rings. The lowest BCUT2D eigenvalue weighted by Gasteiger charge is -2.12. The molecule has 1 N–H and O–H groups in total. The zero-order valence-electron chi connectivity index (χ0n) is 12.6. The Balaban J connectivity index is 0.000000341. The van der Waals surface area contributed by atoms with Gasteiger partial charge >= 0.3 is 6.18 Å². The van der Waals surface area contributed by atoms with Crippen LogP contribution in [0.5, 0.6) is 0 Å². The highest BCUT2D eigenvalue weighted by Gasteiger charge is 2.30. The highest BCUT2D eigenvalue weighted by atomic mass is 35.5. The zero-order valence-corrected chi connectivity index (χ0v) is 15.0. The predicted octanol–water partition coefficient (Wildman–Crippen LogP) is 6.23. The number of thioether (sulfide) groups is 1. The summed E-state index contributed by atoms with van der Waals surface area (Å²) in [5.74, 6) is 0.633. The number of aliphatic hydroxyl groups is 1. The number of aliphatic hydroxyl groups excluding tert-OH is 1. The van der Waals surface area contributed by atoms with Crippen molar-refractivity contribution in [2.24, 2.45) is 0 Å². The van der Waals surface area contributed by atoms with E-state index >= 15 is 0 Å². The van der Waals surface area contributed by atoms with E-state index < -0.39 is 18.7 Å². The average Bonchev–Trinajstić information content (AvgIpc) is 2.49. The van der Waals surface area contributed by atoms with E-state index in [2.05, 4.69) is 0 Å². The van der Waals surface area contributed by atoms with Crippen molar-refractivity contribution in [1.82, 2.24) is 0 Å². The van der Waals surface area contributed by atoms with E-state index in [1.54, 1.807) is 12.1 Å². The van der Waals surface area contributed by atoms with Crippen molar-refractivity contribution in [3.8, 4) is 0 Å². The van der Waals surface area contributed by atoms with Gasteiger partial charge in [-0.25, -0.2) is 0 Å². The first-order valence-electron chi connectivity index (χ1n) is 7.04. The van der Waals surface area contributed by atoms with Gasteiger partial charge in [-0.1, -0.05) is 53.5 Å². The fourth-order valence-corrected chi connectivity index (χ4v) is 2.84. The van der Waals surface area contributed by atoms with Gasteiger partial charge in [0.25, 0.3) is 0 Å². The molecule has 0 aliphatic carbocycles. The first-order valence-corrected chi connectivity index (χ1v) is 8.95. The maximum atomic E-state index is 11.9. The van der Waals surface area contributed by atoms with Gasteiger partial charge in [0, 0.05) is 21.6 Å². The van der Waals surface area contributed by atoms with Crippen molar-refractivity contribution in [2.75, 3.05) is 5.75 Å². The Hall–Kier alpha value is -0.880. The Kier molecular flexibility index (Phi) is 9.59. The van der Waals surface area contributed by atoms with Gasteiger partial charge in [-0.15, -0.1) is 0 Å². The highest BCUT2D eigenvalue weighted by Crippen LogP contribution is 2.24. The normalized spacial score (nSPS) is 12.2. The summed E-state index contributed by atoms with van der Waals surface area (Å²) < 4.78 is 35.8. The molecule has 7 heteroatoms. The maximum Gasteiger partial charge on any atom is 0.391 e. The molecule has 0 radical (unpaired) electrons. The summed E-state index contributed by atoms with van der Waals surface area (Å²) in [6.45, 7) is 0. The molecule has 1 nitrogen and oxygen atoms in total. The van der Waals surface area contributed by atoms with Crippen molar-refractivity contribution in [2.45, 2.75) is 24.5 Å². The van der Waals surface area contributed by atoms with Crippen LogP contribution in [0, 0.1) is 0 Å². The zero-order chi connectivity index (χ0) is 18.0. The Morgan fingerprint density at radius 1 is 0.917 bits per heavy atom. The third-order valence-corrected chi connectivity index (χ3v) is 4.35. The van der Waals surface area contributed by atoms with Crippen LogP contribution < -0.4 is 0 Å². The van der Waals surface area contributed by atoms with Crippen LogP contribution in [0.4, 0.5) is 13.2 Å². The number of rotatable bonds is 5. The van der Waals surface area contributed by atoms with Crippen molar-refractivity contribution >= 4 is 35.0 Å². The molecule has 0 heterocycles. The predicted molar refractivity (Wildman–Crippen MR) is 95.7 cm³/mol. The van der Waals surface area contributed by atoms with Crippen molar-refractivity contribution in [3.05, 3.63) is 70.2 Å². The van der Waals surface area contributed by atoms with E-state index in [1.807, 2.05) is 42.5 Å². The lowest BCUT2D eigenvalue weighted by Crippen LogP contribution is -2.21. The minimum Gasteiger partial charge on any atom is -0.392 e. The summed E-state index contributed by atoms with van der Waals surface area (Å²) in [4.78, 5) is 0. The number of hydrogen-bond donors (Lipinski definition) is 1. The topological polar surface area (TPSA) is 20.2 Å². The monoisotopic (exact) mass is 396 g/mol. The molecule has 0 amide bonds. The van der Waals surface area contributed by atoms with Crippen LogP contribution in [0.1, 0.15) is 12.0 Å². The highest BCUT2D eigenvalue weighted by molar-refractivity contribution is 7.98. The first kappa shape index (κ1) is 21.2. The van der Waals surface area contributed by atoms with E-state index in [1.165, 1.54) is 11.8 Å². The van der Waals surface area contributed by atoms with Gasteiger partial charge in [-0.05, 0) is 29.8 Å². The molecule has 0 saturated carbocycles. The third kappa shape index (κ3) is 10.8. The maximum absolute atomic E-state index is 11.9. The number of hydrogen-bond acceptors (Lipinski definition) is 2. The third-order valence-electron chi connectivity index (χ3n) is 2.69. The SMILES string of the molecule is Clc1ccccc1.OC(CSCc1ccc(Cl)cc1)CC(F)(F)F. The lowest BCUT2D eigenvalue weighted by molar-refractivity contribution is -0.150. The van der Waals surface area contributed by atoms with Crippen LogP contribution in [0.15, 0.2) is 54.6 Å². The fraction of sp³-hybridized carbons (Fsp3) is 0.294. The minimum atomic E-state index is -4.31. The summed E-state index contributed by atoms with van der Waals surface area (Å²) >= 11 is 12.5. The summed E-state index contributed by atoms with van der Waals surface area (Å²) in [6.07, 6.45) is -6.80. The lowest BCUT2D eigenvalue weighted by atomic mass is 10.2. The quantitative estimate of drug-likeness (QED) is 0.646.